The highest BCUT2D eigenvalue weighted by Gasteiger charge is 2.26. The number of rotatable bonds is 6. The molecule has 3 N–H and O–H groups in total. The molecule has 0 fully saturated rings. The highest BCUT2D eigenvalue weighted by Crippen LogP contribution is 2.28. The maximum Gasteiger partial charge on any atom is 0.129 e. The topological polar surface area (TPSA) is 46.2 Å². The zero-order chi connectivity index (χ0) is 13.7. The van der Waals surface area contributed by atoms with E-state index in [4.69, 9.17) is 5.73 Å². The summed E-state index contributed by atoms with van der Waals surface area (Å²) in [5, 5.41) is 10.2. The minimum absolute atomic E-state index is 0.0352. The van der Waals surface area contributed by atoms with Crippen LogP contribution in [0.3, 0.4) is 0 Å². The Kier molecular flexibility index (Phi) is 5.69. The van der Waals surface area contributed by atoms with Crippen LogP contribution in [0.5, 0.6) is 0 Å². The van der Waals surface area contributed by atoms with Crippen LogP contribution in [-0.2, 0) is 0 Å². The molecular weight excluding hydrogens is 236 g/mol. The van der Waals surface area contributed by atoms with Crippen molar-refractivity contribution in [2.75, 3.05) is 6.54 Å². The predicted molar refractivity (Wildman–Crippen MR) is 68.2 cm³/mol. The maximum absolute atomic E-state index is 13.7. The van der Waals surface area contributed by atoms with E-state index in [0.717, 1.165) is 18.9 Å². The zero-order valence-electron chi connectivity index (χ0n) is 10.9. The third-order valence-electron chi connectivity index (χ3n) is 3.36. The van der Waals surface area contributed by atoms with Crippen LogP contribution in [-0.4, -0.2) is 17.8 Å². The third kappa shape index (κ3) is 3.50. The van der Waals surface area contributed by atoms with Crippen LogP contribution in [0.25, 0.3) is 0 Å². The van der Waals surface area contributed by atoms with Gasteiger partial charge in [0.05, 0.1) is 6.10 Å². The molecule has 1 rings (SSSR count). The summed E-state index contributed by atoms with van der Waals surface area (Å²) in [4.78, 5) is 0. The second-order valence-electron chi connectivity index (χ2n) is 4.76. The van der Waals surface area contributed by atoms with Crippen molar-refractivity contribution >= 4 is 0 Å². The Labute approximate surface area is 107 Å². The van der Waals surface area contributed by atoms with Gasteiger partial charge >= 0.3 is 0 Å². The lowest BCUT2D eigenvalue weighted by Gasteiger charge is -2.27. The average molecular weight is 257 g/mol. The van der Waals surface area contributed by atoms with Gasteiger partial charge < -0.3 is 10.8 Å². The number of nitrogens with two attached hydrogens (primary N) is 1. The number of halogens is 2. The molecule has 102 valence electrons. The maximum atomic E-state index is 13.7. The first-order valence-electron chi connectivity index (χ1n) is 6.34. The van der Waals surface area contributed by atoms with Crippen molar-refractivity contribution in [2.24, 2.45) is 11.7 Å². The van der Waals surface area contributed by atoms with E-state index >= 15 is 0 Å². The molecular formula is C14H21F2NO. The molecule has 3 atom stereocenters. The van der Waals surface area contributed by atoms with Gasteiger partial charge in [0.15, 0.2) is 0 Å². The van der Waals surface area contributed by atoms with E-state index in [9.17, 15) is 13.9 Å². The van der Waals surface area contributed by atoms with E-state index in [1.807, 2.05) is 13.8 Å². The summed E-state index contributed by atoms with van der Waals surface area (Å²) < 4.78 is 26.6. The van der Waals surface area contributed by atoms with Crippen LogP contribution in [0.4, 0.5) is 8.78 Å². The minimum Gasteiger partial charge on any atom is -0.392 e. The molecule has 0 radical (unpaired) electrons. The van der Waals surface area contributed by atoms with E-state index in [-0.39, 0.29) is 18.0 Å². The van der Waals surface area contributed by atoms with Crippen molar-refractivity contribution in [1.29, 1.82) is 0 Å². The number of aliphatic hydroxyl groups is 1. The third-order valence-corrected chi connectivity index (χ3v) is 3.36. The fraction of sp³-hybridized carbons (Fsp3) is 0.571. The Hall–Kier alpha value is -1.00. The molecule has 0 aliphatic rings. The normalized spacial score (nSPS) is 16.3. The van der Waals surface area contributed by atoms with Crippen LogP contribution in [0.15, 0.2) is 18.2 Å². The monoisotopic (exact) mass is 257 g/mol. The van der Waals surface area contributed by atoms with Gasteiger partial charge in [0.25, 0.3) is 0 Å². The second kappa shape index (κ2) is 6.81. The van der Waals surface area contributed by atoms with E-state index in [0.29, 0.717) is 0 Å². The van der Waals surface area contributed by atoms with Crippen LogP contribution in [0, 0.1) is 17.6 Å². The molecule has 1 aromatic carbocycles. The van der Waals surface area contributed by atoms with Gasteiger partial charge in [0.1, 0.15) is 11.6 Å². The lowest BCUT2D eigenvalue weighted by molar-refractivity contribution is 0.0846. The largest absolute Gasteiger partial charge is 0.392 e. The molecule has 0 aliphatic heterocycles. The molecule has 2 nitrogen and oxygen atoms in total. The van der Waals surface area contributed by atoms with E-state index in [1.54, 1.807) is 0 Å². The molecule has 0 spiro atoms. The minimum atomic E-state index is -0.713. The first-order chi connectivity index (χ1) is 8.51. The van der Waals surface area contributed by atoms with Crippen molar-refractivity contribution in [1.82, 2.24) is 0 Å². The molecule has 0 amide bonds. The Morgan fingerprint density at radius 2 is 2.00 bits per heavy atom. The second-order valence-corrected chi connectivity index (χ2v) is 4.76. The van der Waals surface area contributed by atoms with Crippen LogP contribution >= 0.6 is 0 Å². The lowest BCUT2D eigenvalue weighted by Crippen LogP contribution is -2.31. The van der Waals surface area contributed by atoms with Gasteiger partial charge in [-0.15, -0.1) is 0 Å². The van der Waals surface area contributed by atoms with Gasteiger partial charge in [-0.25, -0.2) is 8.78 Å². The van der Waals surface area contributed by atoms with Gasteiger partial charge in [-0.2, -0.15) is 0 Å². The fourth-order valence-corrected chi connectivity index (χ4v) is 2.28. The quantitative estimate of drug-likeness (QED) is 0.823. The molecule has 0 saturated heterocycles. The summed E-state index contributed by atoms with van der Waals surface area (Å²) in [6.45, 7) is 4.08. The number of benzene rings is 1. The highest BCUT2D eigenvalue weighted by atomic mass is 19.1. The fourth-order valence-electron chi connectivity index (χ4n) is 2.28. The van der Waals surface area contributed by atoms with Crippen LogP contribution in [0.2, 0.25) is 0 Å². The van der Waals surface area contributed by atoms with E-state index < -0.39 is 23.7 Å². The standard InChI is InChI=1S/C14H21F2NO/c1-3-4-9(2)14(18)12(8-17)11-6-5-10(15)7-13(11)16/h5-7,9,12,14,18H,3-4,8,17H2,1-2H3. The predicted octanol–water partition coefficient (Wildman–Crippen LogP) is 2.80. The summed E-state index contributed by atoms with van der Waals surface area (Å²) >= 11 is 0. The lowest BCUT2D eigenvalue weighted by atomic mass is 9.84. The van der Waals surface area contributed by atoms with Gasteiger partial charge in [0.2, 0.25) is 0 Å². The first-order valence-corrected chi connectivity index (χ1v) is 6.34. The van der Waals surface area contributed by atoms with Crippen molar-refractivity contribution in [3.63, 3.8) is 0 Å². The van der Waals surface area contributed by atoms with Gasteiger partial charge in [0, 0.05) is 18.5 Å². The highest BCUT2D eigenvalue weighted by molar-refractivity contribution is 5.24. The molecule has 0 aromatic heterocycles. The van der Waals surface area contributed by atoms with Gasteiger partial charge in [-0.05, 0) is 24.0 Å². The van der Waals surface area contributed by atoms with E-state index in [2.05, 4.69) is 0 Å². The summed E-state index contributed by atoms with van der Waals surface area (Å²) in [6, 6.07) is 3.39. The molecule has 18 heavy (non-hydrogen) atoms. The first kappa shape index (κ1) is 15.1. The summed E-state index contributed by atoms with van der Waals surface area (Å²) in [5.74, 6) is -1.73. The SMILES string of the molecule is CCCC(C)C(O)C(CN)c1ccc(F)cc1F. The Morgan fingerprint density at radius 1 is 1.33 bits per heavy atom. The number of hydrogen-bond acceptors (Lipinski definition) is 2. The summed E-state index contributed by atoms with van der Waals surface area (Å²) in [5.41, 5.74) is 5.91. The average Bonchev–Trinajstić information content (AvgIpc) is 2.32. The molecule has 0 aliphatic carbocycles. The summed E-state index contributed by atoms with van der Waals surface area (Å²) in [6.07, 6.45) is 1.08. The molecule has 4 heteroatoms. The Balaban J connectivity index is 2.94. The molecule has 1 aromatic rings. The zero-order valence-corrected chi connectivity index (χ0v) is 10.9. The number of aliphatic hydroxyl groups excluding tert-OH is 1. The van der Waals surface area contributed by atoms with Gasteiger partial charge in [-0.1, -0.05) is 26.3 Å². The molecule has 3 unspecified atom stereocenters. The van der Waals surface area contributed by atoms with Crippen molar-refractivity contribution in [3.05, 3.63) is 35.4 Å². The van der Waals surface area contributed by atoms with E-state index in [1.165, 1.54) is 12.1 Å². The molecule has 0 heterocycles. The van der Waals surface area contributed by atoms with Gasteiger partial charge in [-0.3, -0.25) is 0 Å². The van der Waals surface area contributed by atoms with Crippen LogP contribution in [0.1, 0.15) is 38.2 Å². The number of hydrogen-bond donors (Lipinski definition) is 2. The molecule has 0 bridgehead atoms. The smallest absolute Gasteiger partial charge is 0.129 e. The van der Waals surface area contributed by atoms with Crippen molar-refractivity contribution in [2.45, 2.75) is 38.7 Å². The Morgan fingerprint density at radius 3 is 2.50 bits per heavy atom. The molecule has 0 saturated carbocycles. The van der Waals surface area contributed by atoms with Crippen molar-refractivity contribution in [3.8, 4) is 0 Å². The summed E-state index contributed by atoms with van der Waals surface area (Å²) in [7, 11) is 0. The van der Waals surface area contributed by atoms with Crippen LogP contribution < -0.4 is 5.73 Å². The Bertz CT molecular complexity index is 384. The van der Waals surface area contributed by atoms with Crippen molar-refractivity contribution < 1.29 is 13.9 Å².